The molecule has 0 fully saturated rings. The maximum atomic E-state index is 6.07. The van der Waals surface area contributed by atoms with E-state index in [2.05, 4.69) is 23.3 Å². The molecule has 1 N–H and O–H groups in total. The number of nitrogens with one attached hydrogen (secondary N) is 1. The molecule has 3 nitrogen and oxygen atoms in total. The average Bonchev–Trinajstić information content (AvgIpc) is 2.46. The van der Waals surface area contributed by atoms with Gasteiger partial charge in [-0.15, -0.1) is 0 Å². The van der Waals surface area contributed by atoms with Gasteiger partial charge in [-0.25, -0.2) is 0 Å². The van der Waals surface area contributed by atoms with Gasteiger partial charge in [0.25, 0.3) is 0 Å². The van der Waals surface area contributed by atoms with Gasteiger partial charge in [0.15, 0.2) is 0 Å². The van der Waals surface area contributed by atoms with Crippen molar-refractivity contribution in [2.45, 2.75) is 13.0 Å². The lowest BCUT2D eigenvalue weighted by Gasteiger charge is -2.19. The van der Waals surface area contributed by atoms with Gasteiger partial charge in [0.05, 0.1) is 18.2 Å². The first-order chi connectivity index (χ1) is 9.26. The lowest BCUT2D eigenvalue weighted by atomic mass is 10.00. The quantitative estimate of drug-likeness (QED) is 0.908. The average molecular weight is 277 g/mol. The van der Waals surface area contributed by atoms with Crippen molar-refractivity contribution in [1.29, 1.82) is 0 Å². The lowest BCUT2D eigenvalue weighted by Crippen LogP contribution is -2.22. The zero-order chi connectivity index (χ0) is 13.7. The number of benzene rings is 1. The molecular formula is C15H17ClN2O. The van der Waals surface area contributed by atoms with Crippen LogP contribution < -0.4 is 10.1 Å². The molecule has 1 unspecified atom stereocenters. The number of rotatable bonds is 5. The molecule has 19 heavy (non-hydrogen) atoms. The first-order valence-corrected chi connectivity index (χ1v) is 6.60. The normalized spacial score (nSPS) is 12.2. The highest BCUT2D eigenvalue weighted by atomic mass is 35.5. The van der Waals surface area contributed by atoms with Gasteiger partial charge in [0.1, 0.15) is 5.75 Å². The van der Waals surface area contributed by atoms with E-state index in [1.807, 2.05) is 30.5 Å². The molecule has 1 heterocycles. The number of hydrogen-bond acceptors (Lipinski definition) is 3. The summed E-state index contributed by atoms with van der Waals surface area (Å²) < 4.78 is 5.27. The molecule has 1 aromatic heterocycles. The number of methoxy groups -OCH3 is 1. The summed E-state index contributed by atoms with van der Waals surface area (Å²) in [5.41, 5.74) is 2.23. The van der Waals surface area contributed by atoms with Crippen molar-refractivity contribution < 1.29 is 4.74 Å². The van der Waals surface area contributed by atoms with Crippen molar-refractivity contribution in [3.63, 3.8) is 0 Å². The van der Waals surface area contributed by atoms with E-state index in [4.69, 9.17) is 16.3 Å². The standard InChI is InChI=1S/C15H17ClN2O/c1-3-18-15(12-5-4-8-17-10-12)11-6-7-13(16)14(9-11)19-2/h4-10,15,18H,3H2,1-2H3. The maximum Gasteiger partial charge on any atom is 0.137 e. The molecule has 0 aliphatic heterocycles. The lowest BCUT2D eigenvalue weighted by molar-refractivity contribution is 0.414. The molecule has 100 valence electrons. The van der Waals surface area contributed by atoms with E-state index in [-0.39, 0.29) is 6.04 Å². The molecule has 2 rings (SSSR count). The number of aromatic nitrogens is 1. The number of hydrogen-bond donors (Lipinski definition) is 1. The van der Waals surface area contributed by atoms with Crippen molar-refractivity contribution >= 4 is 11.6 Å². The zero-order valence-electron chi connectivity index (χ0n) is 11.1. The van der Waals surface area contributed by atoms with Gasteiger partial charge in [-0.1, -0.05) is 30.7 Å². The Balaban J connectivity index is 2.39. The highest BCUT2D eigenvalue weighted by Crippen LogP contribution is 2.30. The van der Waals surface area contributed by atoms with Gasteiger partial charge in [-0.2, -0.15) is 0 Å². The maximum absolute atomic E-state index is 6.07. The summed E-state index contributed by atoms with van der Waals surface area (Å²) in [7, 11) is 1.62. The predicted molar refractivity (Wildman–Crippen MR) is 77.8 cm³/mol. The predicted octanol–water partition coefficient (Wildman–Crippen LogP) is 3.44. The van der Waals surface area contributed by atoms with E-state index in [0.717, 1.165) is 17.7 Å². The fourth-order valence-electron chi connectivity index (χ4n) is 2.03. The summed E-state index contributed by atoms with van der Waals surface area (Å²) in [6.07, 6.45) is 3.64. The van der Waals surface area contributed by atoms with Gasteiger partial charge >= 0.3 is 0 Å². The van der Waals surface area contributed by atoms with Gasteiger partial charge in [-0.05, 0) is 35.9 Å². The van der Waals surface area contributed by atoms with Crippen LogP contribution in [0.25, 0.3) is 0 Å². The molecule has 2 aromatic rings. The van der Waals surface area contributed by atoms with Crippen LogP contribution in [-0.2, 0) is 0 Å². The van der Waals surface area contributed by atoms with Crippen LogP contribution in [0.3, 0.4) is 0 Å². The fourth-order valence-corrected chi connectivity index (χ4v) is 2.23. The summed E-state index contributed by atoms with van der Waals surface area (Å²) in [6, 6.07) is 9.91. The van der Waals surface area contributed by atoms with E-state index in [9.17, 15) is 0 Å². The monoisotopic (exact) mass is 276 g/mol. The second kappa shape index (κ2) is 6.55. The summed E-state index contributed by atoms with van der Waals surface area (Å²) >= 11 is 6.07. The Kier molecular flexibility index (Phi) is 4.77. The minimum absolute atomic E-state index is 0.0878. The Morgan fingerprint density at radius 2 is 2.16 bits per heavy atom. The Labute approximate surface area is 118 Å². The molecular weight excluding hydrogens is 260 g/mol. The van der Waals surface area contributed by atoms with Crippen LogP contribution in [0.4, 0.5) is 0 Å². The first kappa shape index (κ1) is 13.8. The first-order valence-electron chi connectivity index (χ1n) is 6.23. The summed E-state index contributed by atoms with van der Waals surface area (Å²) in [5.74, 6) is 0.686. The molecule has 0 radical (unpaired) electrons. The SMILES string of the molecule is CCNC(c1cccnc1)c1ccc(Cl)c(OC)c1. The van der Waals surface area contributed by atoms with E-state index >= 15 is 0 Å². The van der Waals surface area contributed by atoms with Crippen LogP contribution in [0.15, 0.2) is 42.7 Å². The molecule has 0 saturated carbocycles. The molecule has 0 bridgehead atoms. The van der Waals surface area contributed by atoms with E-state index < -0.39 is 0 Å². The Hall–Kier alpha value is -1.58. The molecule has 0 amide bonds. The van der Waals surface area contributed by atoms with Crippen LogP contribution in [0, 0.1) is 0 Å². The van der Waals surface area contributed by atoms with Crippen LogP contribution >= 0.6 is 11.6 Å². The molecule has 0 aliphatic carbocycles. The Morgan fingerprint density at radius 1 is 1.32 bits per heavy atom. The second-order valence-electron chi connectivity index (χ2n) is 4.17. The fraction of sp³-hybridized carbons (Fsp3) is 0.267. The number of ether oxygens (including phenoxy) is 1. The molecule has 1 atom stereocenters. The van der Waals surface area contributed by atoms with Crippen molar-refractivity contribution in [2.75, 3.05) is 13.7 Å². The minimum atomic E-state index is 0.0878. The van der Waals surface area contributed by atoms with Crippen LogP contribution in [0.1, 0.15) is 24.1 Å². The van der Waals surface area contributed by atoms with Gasteiger partial charge in [0, 0.05) is 12.4 Å². The topological polar surface area (TPSA) is 34.2 Å². The molecule has 0 spiro atoms. The summed E-state index contributed by atoms with van der Waals surface area (Å²) in [6.45, 7) is 2.95. The minimum Gasteiger partial charge on any atom is -0.495 e. The van der Waals surface area contributed by atoms with Crippen LogP contribution in [0.5, 0.6) is 5.75 Å². The van der Waals surface area contributed by atoms with Crippen LogP contribution in [0.2, 0.25) is 5.02 Å². The third-order valence-electron chi connectivity index (χ3n) is 2.93. The highest BCUT2D eigenvalue weighted by Gasteiger charge is 2.14. The van der Waals surface area contributed by atoms with Crippen molar-refractivity contribution in [3.8, 4) is 5.75 Å². The summed E-state index contributed by atoms with van der Waals surface area (Å²) in [4.78, 5) is 4.18. The smallest absolute Gasteiger partial charge is 0.137 e. The molecule has 0 saturated heterocycles. The molecule has 1 aromatic carbocycles. The number of halogens is 1. The van der Waals surface area contributed by atoms with Crippen molar-refractivity contribution in [2.24, 2.45) is 0 Å². The van der Waals surface area contributed by atoms with Crippen molar-refractivity contribution in [3.05, 3.63) is 58.9 Å². The van der Waals surface area contributed by atoms with Gasteiger partial charge < -0.3 is 10.1 Å². The number of pyridine rings is 1. The van der Waals surface area contributed by atoms with E-state index in [0.29, 0.717) is 10.8 Å². The van der Waals surface area contributed by atoms with E-state index in [1.165, 1.54) is 0 Å². The third-order valence-corrected chi connectivity index (χ3v) is 3.25. The third kappa shape index (κ3) is 3.25. The Bertz CT molecular complexity index is 531. The largest absolute Gasteiger partial charge is 0.495 e. The zero-order valence-corrected chi connectivity index (χ0v) is 11.8. The van der Waals surface area contributed by atoms with E-state index in [1.54, 1.807) is 13.3 Å². The van der Waals surface area contributed by atoms with Crippen LogP contribution in [-0.4, -0.2) is 18.6 Å². The van der Waals surface area contributed by atoms with Gasteiger partial charge in [0.2, 0.25) is 0 Å². The molecule has 4 heteroatoms. The highest BCUT2D eigenvalue weighted by molar-refractivity contribution is 6.32. The Morgan fingerprint density at radius 3 is 2.79 bits per heavy atom. The summed E-state index contributed by atoms with van der Waals surface area (Å²) in [5, 5.41) is 4.07. The van der Waals surface area contributed by atoms with Gasteiger partial charge in [-0.3, -0.25) is 4.98 Å². The number of nitrogens with zero attached hydrogens (tertiary/aromatic N) is 1. The molecule has 0 aliphatic rings. The van der Waals surface area contributed by atoms with Crippen molar-refractivity contribution in [1.82, 2.24) is 10.3 Å². The second-order valence-corrected chi connectivity index (χ2v) is 4.58.